The van der Waals surface area contributed by atoms with Crippen LogP contribution in [0, 0.1) is 0 Å². The number of nitrogens with two attached hydrogens (primary N) is 1. The maximum Gasteiger partial charge on any atom is 0.123 e. The van der Waals surface area contributed by atoms with Gasteiger partial charge in [-0.25, -0.2) is 0 Å². The van der Waals surface area contributed by atoms with Crippen LogP contribution >= 0.6 is 23.2 Å². The average Bonchev–Trinajstić information content (AvgIpc) is 2.06. The molecule has 0 radical (unpaired) electrons. The maximum atomic E-state index is 5.68. The summed E-state index contributed by atoms with van der Waals surface area (Å²) in [5, 5.41) is 0. The second-order valence-corrected chi connectivity index (χ2v) is 3.85. The first kappa shape index (κ1) is 9.85. The van der Waals surface area contributed by atoms with E-state index in [4.69, 9.17) is 28.9 Å². The van der Waals surface area contributed by atoms with Gasteiger partial charge in [-0.2, -0.15) is 0 Å². The van der Waals surface area contributed by atoms with Gasteiger partial charge in [0.1, 0.15) is 4.84 Å². The van der Waals surface area contributed by atoms with Gasteiger partial charge in [0.25, 0.3) is 0 Å². The molecule has 0 heterocycles. The molecular weight excluding hydrogens is 193 g/mol. The van der Waals surface area contributed by atoms with Gasteiger partial charge < -0.3 is 5.73 Å². The molecule has 1 nitrogen and oxygen atoms in total. The van der Waals surface area contributed by atoms with Gasteiger partial charge in [-0.15, -0.1) is 23.2 Å². The molecule has 1 atom stereocenters. The molecule has 0 aliphatic rings. The fourth-order valence-corrected chi connectivity index (χ4v) is 1.15. The summed E-state index contributed by atoms with van der Waals surface area (Å²) >= 11 is 11.2. The molecule has 3 heteroatoms. The van der Waals surface area contributed by atoms with Crippen LogP contribution in [0.1, 0.15) is 5.56 Å². The maximum absolute atomic E-state index is 5.68. The molecule has 1 aromatic carbocycles. The van der Waals surface area contributed by atoms with Gasteiger partial charge in [0.2, 0.25) is 0 Å². The van der Waals surface area contributed by atoms with Crippen molar-refractivity contribution in [2.45, 2.75) is 17.3 Å². The van der Waals surface area contributed by atoms with Crippen molar-refractivity contribution in [3.8, 4) is 0 Å². The summed E-state index contributed by atoms with van der Waals surface area (Å²) in [6.45, 7) is 0. The third-order valence-electron chi connectivity index (χ3n) is 1.64. The van der Waals surface area contributed by atoms with Crippen molar-refractivity contribution in [3.63, 3.8) is 0 Å². The Morgan fingerprint density at radius 2 is 1.75 bits per heavy atom. The Labute approximate surface area is 82.5 Å². The van der Waals surface area contributed by atoms with E-state index < -0.39 is 4.84 Å². The van der Waals surface area contributed by atoms with Crippen LogP contribution in [0.15, 0.2) is 30.3 Å². The summed E-state index contributed by atoms with van der Waals surface area (Å²) < 4.78 is 0. The molecule has 2 N–H and O–H groups in total. The van der Waals surface area contributed by atoms with Crippen molar-refractivity contribution in [2.75, 3.05) is 0 Å². The zero-order valence-electron chi connectivity index (χ0n) is 6.58. The highest BCUT2D eigenvalue weighted by atomic mass is 35.5. The highest BCUT2D eigenvalue weighted by Crippen LogP contribution is 2.11. The van der Waals surface area contributed by atoms with E-state index in [0.717, 1.165) is 12.0 Å². The van der Waals surface area contributed by atoms with Crippen LogP contribution in [0.4, 0.5) is 0 Å². The van der Waals surface area contributed by atoms with Crippen LogP contribution < -0.4 is 5.73 Å². The highest BCUT2D eigenvalue weighted by Gasteiger charge is 2.11. The molecule has 0 spiro atoms. The summed E-state index contributed by atoms with van der Waals surface area (Å²) in [4.78, 5) is -0.495. The first-order chi connectivity index (χ1) is 5.70. The molecule has 0 saturated heterocycles. The van der Waals surface area contributed by atoms with E-state index in [1.165, 1.54) is 0 Å². The monoisotopic (exact) mass is 203 g/mol. The summed E-state index contributed by atoms with van der Waals surface area (Å²) in [5.41, 5.74) is 6.85. The molecule has 1 rings (SSSR count). The van der Waals surface area contributed by atoms with Crippen molar-refractivity contribution in [1.29, 1.82) is 0 Å². The molecule has 12 heavy (non-hydrogen) atoms. The van der Waals surface area contributed by atoms with Crippen LogP contribution in [-0.4, -0.2) is 10.9 Å². The Bertz CT molecular complexity index is 223. The SMILES string of the molecule is NC(Cc1ccccc1)C(Cl)Cl. The average molecular weight is 204 g/mol. The Morgan fingerprint density at radius 1 is 1.17 bits per heavy atom. The number of rotatable bonds is 3. The molecule has 1 unspecified atom stereocenters. The molecule has 0 aromatic heterocycles. The van der Waals surface area contributed by atoms with Crippen molar-refractivity contribution < 1.29 is 0 Å². The van der Waals surface area contributed by atoms with Crippen LogP contribution in [-0.2, 0) is 6.42 Å². The molecule has 0 aliphatic heterocycles. The first-order valence-corrected chi connectivity index (χ1v) is 4.65. The highest BCUT2D eigenvalue weighted by molar-refractivity contribution is 6.44. The third kappa shape index (κ3) is 3.02. The van der Waals surface area contributed by atoms with Gasteiger partial charge in [0.05, 0.1) is 0 Å². The fourth-order valence-electron chi connectivity index (χ4n) is 0.975. The van der Waals surface area contributed by atoms with E-state index in [1.54, 1.807) is 0 Å². The lowest BCUT2D eigenvalue weighted by Gasteiger charge is -2.11. The summed E-state index contributed by atoms with van der Waals surface area (Å²) in [5.74, 6) is 0. The molecule has 0 saturated carbocycles. The summed E-state index contributed by atoms with van der Waals surface area (Å²) in [6, 6.07) is 9.75. The lowest BCUT2D eigenvalue weighted by atomic mass is 10.1. The van der Waals surface area contributed by atoms with Gasteiger partial charge in [-0.3, -0.25) is 0 Å². The molecule has 0 bridgehead atoms. The summed E-state index contributed by atoms with van der Waals surface area (Å²) in [6.07, 6.45) is 0.721. The van der Waals surface area contributed by atoms with E-state index in [2.05, 4.69) is 0 Å². The Hall–Kier alpha value is -0.240. The molecule has 0 aliphatic carbocycles. The van der Waals surface area contributed by atoms with E-state index in [-0.39, 0.29) is 6.04 Å². The second kappa shape index (κ2) is 4.70. The molecule has 1 aromatic rings. The minimum absolute atomic E-state index is 0.185. The predicted molar refractivity (Wildman–Crippen MR) is 53.6 cm³/mol. The Morgan fingerprint density at radius 3 is 2.25 bits per heavy atom. The Balaban J connectivity index is 2.53. The normalized spacial score (nSPS) is 13.3. The molecule has 0 amide bonds. The number of hydrogen-bond acceptors (Lipinski definition) is 1. The van der Waals surface area contributed by atoms with Crippen LogP contribution in [0.25, 0.3) is 0 Å². The Kier molecular flexibility index (Phi) is 3.86. The number of alkyl halides is 2. The van der Waals surface area contributed by atoms with E-state index in [0.29, 0.717) is 0 Å². The number of benzene rings is 1. The molecular formula is C9H11Cl2N. The molecule has 66 valence electrons. The van der Waals surface area contributed by atoms with Crippen molar-refractivity contribution in [2.24, 2.45) is 5.73 Å². The van der Waals surface area contributed by atoms with Crippen molar-refractivity contribution in [3.05, 3.63) is 35.9 Å². The lowest BCUT2D eigenvalue weighted by Crippen LogP contribution is -2.29. The fraction of sp³-hybridized carbons (Fsp3) is 0.333. The van der Waals surface area contributed by atoms with Gasteiger partial charge in [0.15, 0.2) is 0 Å². The lowest BCUT2D eigenvalue weighted by molar-refractivity contribution is 0.716. The minimum atomic E-state index is -0.495. The number of halogens is 2. The smallest absolute Gasteiger partial charge is 0.123 e. The number of hydrogen-bond donors (Lipinski definition) is 1. The van der Waals surface area contributed by atoms with Gasteiger partial charge >= 0.3 is 0 Å². The minimum Gasteiger partial charge on any atom is -0.325 e. The topological polar surface area (TPSA) is 26.0 Å². The van der Waals surface area contributed by atoms with Gasteiger partial charge in [-0.1, -0.05) is 30.3 Å². The van der Waals surface area contributed by atoms with Crippen molar-refractivity contribution >= 4 is 23.2 Å². The van der Waals surface area contributed by atoms with E-state index in [9.17, 15) is 0 Å². The largest absolute Gasteiger partial charge is 0.325 e. The van der Waals surface area contributed by atoms with Crippen molar-refractivity contribution in [1.82, 2.24) is 0 Å². The van der Waals surface area contributed by atoms with Crippen LogP contribution in [0.2, 0.25) is 0 Å². The standard InChI is InChI=1S/C9H11Cl2N/c10-9(11)8(12)6-7-4-2-1-3-5-7/h1-5,8-9H,6,12H2. The zero-order chi connectivity index (χ0) is 8.97. The second-order valence-electron chi connectivity index (χ2n) is 2.69. The quantitative estimate of drug-likeness (QED) is 0.751. The third-order valence-corrected chi connectivity index (χ3v) is 2.29. The van der Waals surface area contributed by atoms with Gasteiger partial charge in [0, 0.05) is 6.04 Å². The van der Waals surface area contributed by atoms with Crippen LogP contribution in [0.3, 0.4) is 0 Å². The zero-order valence-corrected chi connectivity index (χ0v) is 8.09. The van der Waals surface area contributed by atoms with E-state index in [1.807, 2.05) is 30.3 Å². The first-order valence-electron chi connectivity index (χ1n) is 3.78. The predicted octanol–water partition coefficient (Wildman–Crippen LogP) is 2.36. The van der Waals surface area contributed by atoms with E-state index >= 15 is 0 Å². The van der Waals surface area contributed by atoms with Crippen LogP contribution in [0.5, 0.6) is 0 Å². The molecule has 0 fully saturated rings. The summed E-state index contributed by atoms with van der Waals surface area (Å²) in [7, 11) is 0. The van der Waals surface area contributed by atoms with Gasteiger partial charge in [-0.05, 0) is 12.0 Å².